The van der Waals surface area contributed by atoms with Crippen LogP contribution in [0.1, 0.15) is 5.56 Å². The molecule has 0 aliphatic carbocycles. The summed E-state index contributed by atoms with van der Waals surface area (Å²) in [5.41, 5.74) is 1.06. The third-order valence-electron chi connectivity index (χ3n) is 3.71. The van der Waals surface area contributed by atoms with Crippen LogP contribution in [-0.2, 0) is 16.4 Å². The zero-order valence-electron chi connectivity index (χ0n) is 11.1. The van der Waals surface area contributed by atoms with Crippen molar-refractivity contribution in [2.75, 3.05) is 18.6 Å². The normalized spacial score (nSPS) is 27.6. The van der Waals surface area contributed by atoms with E-state index in [0.717, 1.165) is 11.3 Å². The number of hydrogen-bond donors (Lipinski definition) is 1. The molecule has 0 spiro atoms. The standard InChI is InChI=1S/C13H16N2O3S2/c1-18-10-4-2-9(3-5-10)6-15-11-7-20(16,17)8-12(11)19-13(15)14/h2-5,11-12,14H,6-8H2,1H3/t11-,12-/m0/s1. The molecule has 0 radical (unpaired) electrons. The van der Waals surface area contributed by atoms with Gasteiger partial charge in [0.2, 0.25) is 0 Å². The predicted octanol–water partition coefficient (Wildman–Crippen LogP) is 1.34. The predicted molar refractivity (Wildman–Crippen MR) is 80.1 cm³/mol. The highest BCUT2D eigenvalue weighted by Crippen LogP contribution is 2.38. The van der Waals surface area contributed by atoms with Crippen molar-refractivity contribution in [3.8, 4) is 5.75 Å². The Kier molecular flexibility index (Phi) is 3.41. The minimum atomic E-state index is -2.94. The Bertz CT molecular complexity index is 628. The molecule has 3 rings (SSSR count). The first-order valence-corrected chi connectivity index (χ1v) is 9.04. The van der Waals surface area contributed by atoms with Crippen molar-refractivity contribution in [1.29, 1.82) is 5.41 Å². The van der Waals surface area contributed by atoms with E-state index in [4.69, 9.17) is 10.1 Å². The molecule has 2 heterocycles. The van der Waals surface area contributed by atoms with Crippen molar-refractivity contribution in [3.05, 3.63) is 29.8 Å². The smallest absolute Gasteiger partial charge is 0.157 e. The Morgan fingerprint density at radius 1 is 1.35 bits per heavy atom. The molecule has 5 nitrogen and oxygen atoms in total. The van der Waals surface area contributed by atoms with E-state index in [1.54, 1.807) is 7.11 Å². The fraction of sp³-hybridized carbons (Fsp3) is 0.462. The molecule has 2 aliphatic heterocycles. The van der Waals surface area contributed by atoms with E-state index in [1.807, 2.05) is 29.2 Å². The van der Waals surface area contributed by atoms with E-state index in [1.165, 1.54) is 11.8 Å². The molecule has 1 aromatic rings. The summed E-state index contributed by atoms with van der Waals surface area (Å²) in [5.74, 6) is 1.16. The van der Waals surface area contributed by atoms with E-state index in [2.05, 4.69) is 0 Å². The summed E-state index contributed by atoms with van der Waals surface area (Å²) in [4.78, 5) is 1.90. The zero-order chi connectivity index (χ0) is 14.3. The number of hydrogen-bond acceptors (Lipinski definition) is 5. The molecule has 20 heavy (non-hydrogen) atoms. The van der Waals surface area contributed by atoms with Crippen molar-refractivity contribution in [2.45, 2.75) is 17.8 Å². The molecule has 0 amide bonds. The molecule has 2 atom stereocenters. The van der Waals surface area contributed by atoms with Gasteiger partial charge >= 0.3 is 0 Å². The van der Waals surface area contributed by atoms with Crippen molar-refractivity contribution < 1.29 is 13.2 Å². The molecule has 1 aromatic carbocycles. The van der Waals surface area contributed by atoms with E-state index >= 15 is 0 Å². The lowest BCUT2D eigenvalue weighted by atomic mass is 10.1. The number of benzene rings is 1. The number of rotatable bonds is 3. The Hall–Kier alpha value is -1.21. The molecule has 1 N–H and O–H groups in total. The monoisotopic (exact) mass is 312 g/mol. The highest BCUT2D eigenvalue weighted by atomic mass is 32.2. The summed E-state index contributed by atoms with van der Waals surface area (Å²) in [7, 11) is -1.32. The SMILES string of the molecule is COc1ccc(CN2C(=N)S[C@H]3CS(=O)(=O)C[C@@H]32)cc1. The highest BCUT2D eigenvalue weighted by Gasteiger charge is 2.47. The van der Waals surface area contributed by atoms with Gasteiger partial charge in [0.1, 0.15) is 5.75 Å². The van der Waals surface area contributed by atoms with Crippen LogP contribution in [0.5, 0.6) is 5.75 Å². The maximum atomic E-state index is 11.7. The number of methoxy groups -OCH3 is 1. The third-order valence-corrected chi connectivity index (χ3v) is 6.88. The van der Waals surface area contributed by atoms with Crippen LogP contribution >= 0.6 is 11.8 Å². The molecule has 108 valence electrons. The molecule has 2 aliphatic rings. The Labute approximate surface area is 122 Å². The number of amidine groups is 1. The lowest BCUT2D eigenvalue weighted by molar-refractivity contribution is 0.349. The minimum absolute atomic E-state index is 0.0192. The molecule has 0 saturated carbocycles. The summed E-state index contributed by atoms with van der Waals surface area (Å²) < 4.78 is 28.5. The van der Waals surface area contributed by atoms with Crippen LogP contribution in [0.25, 0.3) is 0 Å². The van der Waals surface area contributed by atoms with Crippen molar-refractivity contribution in [2.24, 2.45) is 0 Å². The number of sulfone groups is 1. The summed E-state index contributed by atoms with van der Waals surface area (Å²) >= 11 is 1.38. The second-order valence-electron chi connectivity index (χ2n) is 5.08. The minimum Gasteiger partial charge on any atom is -0.497 e. The average molecular weight is 312 g/mol. The highest BCUT2D eigenvalue weighted by molar-refractivity contribution is 8.15. The number of ether oxygens (including phenoxy) is 1. The van der Waals surface area contributed by atoms with Crippen LogP contribution in [0.3, 0.4) is 0 Å². The van der Waals surface area contributed by atoms with Gasteiger partial charge in [0.15, 0.2) is 15.0 Å². The van der Waals surface area contributed by atoms with Crippen LogP contribution in [0.4, 0.5) is 0 Å². The molecular formula is C13H16N2O3S2. The molecule has 2 fully saturated rings. The van der Waals surface area contributed by atoms with Gasteiger partial charge in [-0.25, -0.2) is 8.42 Å². The fourth-order valence-electron chi connectivity index (χ4n) is 2.68. The largest absolute Gasteiger partial charge is 0.497 e. The summed E-state index contributed by atoms with van der Waals surface area (Å²) in [6.07, 6.45) is 0. The fourth-order valence-corrected chi connectivity index (χ4v) is 6.51. The summed E-state index contributed by atoms with van der Waals surface area (Å²) in [5, 5.41) is 8.53. The summed E-state index contributed by atoms with van der Waals surface area (Å²) in [6.45, 7) is 0.576. The first kappa shape index (κ1) is 13.8. The zero-order valence-corrected chi connectivity index (χ0v) is 12.7. The maximum Gasteiger partial charge on any atom is 0.157 e. The quantitative estimate of drug-likeness (QED) is 0.912. The molecule has 0 bridgehead atoms. The van der Waals surface area contributed by atoms with Crippen molar-refractivity contribution >= 4 is 26.8 Å². The maximum absolute atomic E-state index is 11.7. The van der Waals surface area contributed by atoms with Gasteiger partial charge < -0.3 is 9.64 Å². The lowest BCUT2D eigenvalue weighted by Crippen LogP contribution is -2.36. The number of nitrogens with one attached hydrogen (secondary N) is 1. The van der Waals surface area contributed by atoms with Gasteiger partial charge in [0, 0.05) is 11.8 Å². The van der Waals surface area contributed by atoms with Crippen molar-refractivity contribution in [1.82, 2.24) is 4.90 Å². The first-order valence-electron chi connectivity index (χ1n) is 6.34. The second-order valence-corrected chi connectivity index (χ2v) is 8.46. The van der Waals surface area contributed by atoms with Crippen molar-refractivity contribution in [3.63, 3.8) is 0 Å². The van der Waals surface area contributed by atoms with E-state index in [9.17, 15) is 8.42 Å². The lowest BCUT2D eigenvalue weighted by Gasteiger charge is -2.23. The molecule has 0 aromatic heterocycles. The third kappa shape index (κ3) is 2.52. The van der Waals surface area contributed by atoms with Gasteiger partial charge in [-0.15, -0.1) is 0 Å². The first-order chi connectivity index (χ1) is 9.48. The van der Waals surface area contributed by atoms with Gasteiger partial charge in [-0.3, -0.25) is 5.41 Å². The number of fused-ring (bicyclic) bond motifs is 1. The summed E-state index contributed by atoms with van der Waals surface area (Å²) in [6, 6.07) is 7.61. The Balaban J connectivity index is 1.77. The van der Waals surface area contributed by atoms with Crippen LogP contribution in [0, 0.1) is 5.41 Å². The van der Waals surface area contributed by atoms with Crippen LogP contribution in [0.2, 0.25) is 0 Å². The van der Waals surface area contributed by atoms with Gasteiger partial charge in [-0.1, -0.05) is 23.9 Å². The van der Waals surface area contributed by atoms with Gasteiger partial charge in [-0.05, 0) is 17.7 Å². The van der Waals surface area contributed by atoms with E-state index in [-0.39, 0.29) is 22.8 Å². The van der Waals surface area contributed by atoms with Gasteiger partial charge in [0.25, 0.3) is 0 Å². The van der Waals surface area contributed by atoms with E-state index in [0.29, 0.717) is 11.7 Å². The number of thioether (sulfide) groups is 1. The van der Waals surface area contributed by atoms with Crippen LogP contribution < -0.4 is 4.74 Å². The molecule has 0 unspecified atom stereocenters. The molecule has 7 heteroatoms. The van der Waals surface area contributed by atoms with Gasteiger partial charge in [-0.2, -0.15) is 0 Å². The van der Waals surface area contributed by atoms with Crippen LogP contribution in [-0.4, -0.2) is 48.4 Å². The average Bonchev–Trinajstić information content (AvgIpc) is 2.84. The number of nitrogens with zero attached hydrogens (tertiary/aromatic N) is 1. The van der Waals surface area contributed by atoms with Gasteiger partial charge in [0.05, 0.1) is 24.7 Å². The Morgan fingerprint density at radius 3 is 2.70 bits per heavy atom. The van der Waals surface area contributed by atoms with E-state index < -0.39 is 9.84 Å². The molecule has 2 saturated heterocycles. The second kappa shape index (κ2) is 4.96. The molecular weight excluding hydrogens is 296 g/mol. The van der Waals surface area contributed by atoms with Crippen LogP contribution in [0.15, 0.2) is 24.3 Å². The Morgan fingerprint density at radius 2 is 2.05 bits per heavy atom. The topological polar surface area (TPSA) is 70.5 Å².